The van der Waals surface area contributed by atoms with E-state index in [9.17, 15) is 22.8 Å². The smallest absolute Gasteiger partial charge is 0.306 e. The zero-order valence-corrected chi connectivity index (χ0v) is 21.5. The molecule has 38 heavy (non-hydrogen) atoms. The highest BCUT2D eigenvalue weighted by atomic mass is 35.5. The minimum absolute atomic E-state index is 0.0187. The highest BCUT2D eigenvalue weighted by Crippen LogP contribution is 2.37. The van der Waals surface area contributed by atoms with E-state index in [1.54, 1.807) is 41.2 Å². The van der Waals surface area contributed by atoms with E-state index in [1.165, 1.54) is 24.8 Å². The van der Waals surface area contributed by atoms with Crippen LogP contribution in [0.5, 0.6) is 0 Å². The van der Waals surface area contributed by atoms with E-state index in [2.05, 4.69) is 10.3 Å². The molecule has 1 saturated heterocycles. The second-order valence-electron chi connectivity index (χ2n) is 8.86. The summed E-state index contributed by atoms with van der Waals surface area (Å²) < 4.78 is 41.8. The standard InChI is InChI=1S/C25H19Cl2F3N6O2/c1-24(2)22(37)36(17-7-5-16(13-31)18(12-17)25(28,29)30)23(38)35(24)10-4-3-9-34-14-21(32-33-34)15-6-8-19(26)20(27)11-15/h3-8,11-12,14H,9-10H2,1-2H3. The van der Waals surface area contributed by atoms with Crippen LogP contribution in [-0.2, 0) is 17.5 Å². The van der Waals surface area contributed by atoms with Crippen molar-refractivity contribution in [2.45, 2.75) is 32.1 Å². The highest BCUT2D eigenvalue weighted by molar-refractivity contribution is 6.42. The van der Waals surface area contributed by atoms with Crippen molar-refractivity contribution in [1.82, 2.24) is 19.9 Å². The van der Waals surface area contributed by atoms with Crippen LogP contribution in [0.25, 0.3) is 11.3 Å². The van der Waals surface area contributed by atoms with Gasteiger partial charge >= 0.3 is 12.2 Å². The molecule has 2 heterocycles. The number of anilines is 1. The number of nitrogens with zero attached hydrogens (tertiary/aromatic N) is 6. The average molecular weight is 563 g/mol. The van der Waals surface area contributed by atoms with Gasteiger partial charge in [-0.25, -0.2) is 14.4 Å². The summed E-state index contributed by atoms with van der Waals surface area (Å²) in [5, 5.41) is 18.0. The largest absolute Gasteiger partial charge is 0.417 e. The normalized spacial score (nSPS) is 15.5. The zero-order valence-electron chi connectivity index (χ0n) is 20.0. The number of carbonyl (C=O) groups is 2. The number of amides is 3. The number of allylic oxidation sites excluding steroid dienone is 1. The number of urea groups is 1. The first kappa shape index (κ1) is 27.2. The third kappa shape index (κ3) is 5.10. The number of alkyl halides is 3. The second kappa shape index (κ2) is 10.1. The van der Waals surface area contributed by atoms with Crippen LogP contribution in [0.4, 0.5) is 23.7 Å². The Labute approximate surface area is 225 Å². The van der Waals surface area contributed by atoms with Crippen LogP contribution in [-0.4, -0.2) is 43.9 Å². The van der Waals surface area contributed by atoms with Crippen molar-refractivity contribution < 1.29 is 22.8 Å². The summed E-state index contributed by atoms with van der Waals surface area (Å²) in [5.41, 5.74) is -2.09. The molecule has 0 N–H and O–H groups in total. The first-order valence-electron chi connectivity index (χ1n) is 11.1. The molecule has 3 amide bonds. The number of aromatic nitrogens is 3. The Kier molecular flexibility index (Phi) is 7.23. The van der Waals surface area contributed by atoms with E-state index >= 15 is 0 Å². The Morgan fingerprint density at radius 2 is 1.76 bits per heavy atom. The van der Waals surface area contributed by atoms with Crippen LogP contribution in [0, 0.1) is 11.3 Å². The second-order valence-corrected chi connectivity index (χ2v) is 9.67. The van der Waals surface area contributed by atoms with E-state index < -0.39 is 34.8 Å². The fourth-order valence-electron chi connectivity index (χ4n) is 3.91. The van der Waals surface area contributed by atoms with Crippen LogP contribution in [0.1, 0.15) is 25.0 Å². The Morgan fingerprint density at radius 1 is 1.05 bits per heavy atom. The summed E-state index contributed by atoms with van der Waals surface area (Å²) in [6.45, 7) is 3.34. The van der Waals surface area contributed by atoms with E-state index in [1.807, 2.05) is 0 Å². The number of rotatable bonds is 6. The number of hydrogen-bond acceptors (Lipinski definition) is 5. The molecular formula is C25H19Cl2F3N6O2. The molecule has 196 valence electrons. The van der Waals surface area contributed by atoms with Crippen molar-refractivity contribution in [1.29, 1.82) is 5.26 Å². The fraction of sp³-hybridized carbons (Fsp3) is 0.240. The van der Waals surface area contributed by atoms with Gasteiger partial charge in [0.25, 0.3) is 5.91 Å². The quantitative estimate of drug-likeness (QED) is 0.273. The zero-order chi connectivity index (χ0) is 27.8. The Hall–Kier alpha value is -3.88. The molecule has 0 radical (unpaired) electrons. The van der Waals surface area contributed by atoms with Gasteiger partial charge in [0.05, 0.1) is 45.7 Å². The highest BCUT2D eigenvalue weighted by Gasteiger charge is 2.51. The van der Waals surface area contributed by atoms with E-state index in [4.69, 9.17) is 28.5 Å². The van der Waals surface area contributed by atoms with Gasteiger partial charge in [-0.05, 0) is 44.2 Å². The van der Waals surface area contributed by atoms with Gasteiger partial charge in [0.1, 0.15) is 11.2 Å². The van der Waals surface area contributed by atoms with Gasteiger partial charge in [-0.15, -0.1) is 5.10 Å². The van der Waals surface area contributed by atoms with Crippen LogP contribution in [0.2, 0.25) is 10.0 Å². The third-order valence-electron chi connectivity index (χ3n) is 6.01. The lowest BCUT2D eigenvalue weighted by molar-refractivity contribution is -0.137. The summed E-state index contributed by atoms with van der Waals surface area (Å²) in [6, 6.07) is 8.52. The maximum absolute atomic E-state index is 13.4. The average Bonchev–Trinajstić information content (AvgIpc) is 3.39. The van der Waals surface area contributed by atoms with Gasteiger partial charge in [-0.2, -0.15) is 18.4 Å². The molecule has 1 aliphatic heterocycles. The van der Waals surface area contributed by atoms with Crippen molar-refractivity contribution in [3.8, 4) is 17.3 Å². The Morgan fingerprint density at radius 3 is 2.42 bits per heavy atom. The summed E-state index contributed by atoms with van der Waals surface area (Å²) in [7, 11) is 0. The molecule has 2 aromatic carbocycles. The lowest BCUT2D eigenvalue weighted by Gasteiger charge is -2.26. The predicted octanol–water partition coefficient (Wildman–Crippen LogP) is 5.95. The number of hydrogen-bond donors (Lipinski definition) is 0. The lowest BCUT2D eigenvalue weighted by Crippen LogP contribution is -2.44. The van der Waals surface area contributed by atoms with Crippen LogP contribution >= 0.6 is 23.2 Å². The topological polar surface area (TPSA) is 95.1 Å². The SMILES string of the molecule is CC1(C)C(=O)N(c2ccc(C#N)c(C(F)(F)F)c2)C(=O)N1CC=CCn1cc(-c2ccc(Cl)c(Cl)c2)nn1. The third-order valence-corrected chi connectivity index (χ3v) is 6.75. The molecule has 1 aliphatic rings. The predicted molar refractivity (Wildman–Crippen MR) is 134 cm³/mol. The fourth-order valence-corrected chi connectivity index (χ4v) is 4.21. The molecule has 0 unspecified atom stereocenters. The first-order chi connectivity index (χ1) is 17.8. The molecular weight excluding hydrogens is 544 g/mol. The van der Waals surface area contributed by atoms with Crippen molar-refractivity contribution in [2.75, 3.05) is 11.4 Å². The van der Waals surface area contributed by atoms with Gasteiger partial charge in [0.2, 0.25) is 0 Å². The van der Waals surface area contributed by atoms with Crippen LogP contribution in [0.15, 0.2) is 54.7 Å². The molecule has 0 spiro atoms. The molecule has 8 nitrogen and oxygen atoms in total. The van der Waals surface area contributed by atoms with Gasteiger partial charge in [-0.1, -0.05) is 46.6 Å². The number of carbonyl (C=O) groups excluding carboxylic acids is 2. The van der Waals surface area contributed by atoms with Crippen LogP contribution in [0.3, 0.4) is 0 Å². The maximum Gasteiger partial charge on any atom is 0.417 e. The summed E-state index contributed by atoms with van der Waals surface area (Å²) in [5.74, 6) is -0.684. The number of imide groups is 1. The molecule has 3 aromatic rings. The summed E-state index contributed by atoms with van der Waals surface area (Å²) in [4.78, 5) is 28.1. The minimum Gasteiger partial charge on any atom is -0.306 e. The molecule has 1 fully saturated rings. The van der Waals surface area contributed by atoms with E-state index in [0.717, 1.165) is 17.7 Å². The molecule has 0 saturated carbocycles. The first-order valence-corrected chi connectivity index (χ1v) is 11.9. The van der Waals surface area contributed by atoms with E-state index in [0.29, 0.717) is 33.3 Å². The van der Waals surface area contributed by atoms with Gasteiger partial charge in [-0.3, -0.25) is 4.79 Å². The Bertz CT molecular complexity index is 1490. The van der Waals surface area contributed by atoms with Crippen LogP contribution < -0.4 is 4.90 Å². The molecule has 4 rings (SSSR count). The molecule has 13 heteroatoms. The van der Waals surface area contributed by atoms with Crippen molar-refractivity contribution >= 4 is 40.8 Å². The molecule has 0 aliphatic carbocycles. The van der Waals surface area contributed by atoms with Gasteiger partial charge in [0.15, 0.2) is 0 Å². The monoisotopic (exact) mass is 562 g/mol. The molecule has 1 aromatic heterocycles. The van der Waals surface area contributed by atoms with Crippen molar-refractivity contribution in [3.05, 3.63) is 75.9 Å². The molecule has 0 atom stereocenters. The van der Waals surface area contributed by atoms with Crippen molar-refractivity contribution in [3.63, 3.8) is 0 Å². The minimum atomic E-state index is -4.83. The lowest BCUT2D eigenvalue weighted by atomic mass is 10.0. The number of benzene rings is 2. The summed E-state index contributed by atoms with van der Waals surface area (Å²) >= 11 is 12.0. The van der Waals surface area contributed by atoms with Gasteiger partial charge < -0.3 is 4.90 Å². The van der Waals surface area contributed by atoms with E-state index in [-0.39, 0.29) is 12.2 Å². The van der Waals surface area contributed by atoms with Gasteiger partial charge in [0, 0.05) is 12.1 Å². The molecule has 0 bridgehead atoms. The van der Waals surface area contributed by atoms with Crippen molar-refractivity contribution in [2.24, 2.45) is 0 Å². The number of nitriles is 1. The number of halogens is 5. The maximum atomic E-state index is 13.4. The Balaban J connectivity index is 1.48. The summed E-state index contributed by atoms with van der Waals surface area (Å²) in [6.07, 6.45) is 0.235.